The summed E-state index contributed by atoms with van der Waals surface area (Å²) in [5.74, 6) is 0. The molecule has 15 aromatic rings. The molecule has 9 aromatic carbocycles. The second-order valence-corrected chi connectivity index (χ2v) is 21.2. The molecule has 67 heavy (non-hydrogen) atoms. The molecule has 0 aliphatic rings. The molecule has 15 rings (SSSR count). The Labute approximate surface area is 386 Å². The Morgan fingerprint density at radius 2 is 0.985 bits per heavy atom. The number of benzene rings is 9. The molecule has 0 aliphatic carbocycles. The highest BCUT2D eigenvalue weighted by Crippen LogP contribution is 2.50. The van der Waals surface area contributed by atoms with E-state index in [1.54, 1.807) is 0 Å². The SMILES string of the molecule is CC(C)(C)c1cc(-c2ccc3c(c2)c2ccccc2n3-c2ccccc2)c2c(c1)c1cc3ccccc3c3c4nc5c(cc4n2c13)c1cc(C(C)(C)C)cc2c3ccc4ccccc4c3n5c12. The number of aromatic nitrogens is 4. The molecule has 0 radical (unpaired) electrons. The summed E-state index contributed by atoms with van der Waals surface area (Å²) < 4.78 is 7.51. The first-order valence-corrected chi connectivity index (χ1v) is 23.7. The molecule has 4 heteroatoms. The molecule has 0 N–H and O–H groups in total. The van der Waals surface area contributed by atoms with Gasteiger partial charge in [-0.25, -0.2) is 4.98 Å². The molecule has 0 atom stereocenters. The molecule has 4 nitrogen and oxygen atoms in total. The van der Waals surface area contributed by atoms with Crippen LogP contribution in [0.25, 0.3) is 137 Å². The van der Waals surface area contributed by atoms with Crippen LogP contribution in [0, 0.1) is 0 Å². The lowest BCUT2D eigenvalue weighted by atomic mass is 9.84. The summed E-state index contributed by atoms with van der Waals surface area (Å²) in [6.07, 6.45) is 0. The van der Waals surface area contributed by atoms with Gasteiger partial charge in [-0.3, -0.25) is 4.40 Å². The fourth-order valence-corrected chi connectivity index (χ4v) is 12.1. The number of nitrogens with zero attached hydrogens (tertiary/aromatic N) is 4. The first-order chi connectivity index (χ1) is 32.5. The Bertz CT molecular complexity index is 4620. The summed E-state index contributed by atoms with van der Waals surface area (Å²) >= 11 is 0. The first kappa shape index (κ1) is 37.3. The summed E-state index contributed by atoms with van der Waals surface area (Å²) in [7, 11) is 0. The topological polar surface area (TPSA) is 26.6 Å². The number of pyridine rings is 1. The van der Waals surface area contributed by atoms with E-state index in [0.717, 1.165) is 16.7 Å². The summed E-state index contributed by atoms with van der Waals surface area (Å²) in [6.45, 7) is 14.0. The molecule has 0 fully saturated rings. The van der Waals surface area contributed by atoms with Gasteiger partial charge in [0, 0.05) is 65.1 Å². The van der Waals surface area contributed by atoms with Gasteiger partial charge in [-0.2, -0.15) is 0 Å². The second kappa shape index (κ2) is 12.5. The minimum absolute atomic E-state index is 0.0466. The van der Waals surface area contributed by atoms with Gasteiger partial charge in [0.15, 0.2) is 0 Å². The van der Waals surface area contributed by atoms with Crippen molar-refractivity contribution in [3.63, 3.8) is 0 Å². The standard InChI is InChI=1S/C63H46N4/c1-62(2,3)38-30-45(37-25-27-53-46(28-37)43-22-14-15-23-52(43)65(53)40-18-8-7-9-19-40)58-49(32-38)47-29-36-17-11-12-20-41(36)55-56-54(66(58)60(47)55)34-51-50-33-39(63(4,5)6)31-48-44-26-24-35-16-10-13-21-42(35)57(44)67(59(48)50)61(51)64-56/h7-34H,1-6H3. The van der Waals surface area contributed by atoms with E-state index in [4.69, 9.17) is 4.98 Å². The van der Waals surface area contributed by atoms with Gasteiger partial charge in [0.25, 0.3) is 0 Å². The molecule has 0 unspecified atom stereocenters. The highest BCUT2D eigenvalue weighted by molar-refractivity contribution is 6.34. The molecule has 0 amide bonds. The van der Waals surface area contributed by atoms with Gasteiger partial charge in [0.2, 0.25) is 0 Å². The predicted molar refractivity (Wildman–Crippen MR) is 286 cm³/mol. The van der Waals surface area contributed by atoms with Crippen molar-refractivity contribution in [1.82, 2.24) is 18.4 Å². The smallest absolute Gasteiger partial charge is 0.146 e. The maximum atomic E-state index is 5.97. The van der Waals surface area contributed by atoms with Crippen molar-refractivity contribution in [2.24, 2.45) is 0 Å². The van der Waals surface area contributed by atoms with Crippen LogP contribution in [0.15, 0.2) is 170 Å². The molecule has 6 aromatic heterocycles. The number of para-hydroxylation sites is 2. The zero-order valence-corrected chi connectivity index (χ0v) is 38.5. The largest absolute Gasteiger partial charge is 0.309 e. The van der Waals surface area contributed by atoms with Crippen molar-refractivity contribution < 1.29 is 0 Å². The average molecular weight is 859 g/mol. The molecule has 0 bridgehead atoms. The van der Waals surface area contributed by atoms with Gasteiger partial charge in [-0.05, 0) is 110 Å². The minimum Gasteiger partial charge on any atom is -0.309 e. The van der Waals surface area contributed by atoms with Crippen LogP contribution in [0.5, 0.6) is 0 Å². The van der Waals surface area contributed by atoms with Gasteiger partial charge >= 0.3 is 0 Å². The Kier molecular flexibility index (Phi) is 6.94. The van der Waals surface area contributed by atoms with Crippen molar-refractivity contribution in [2.75, 3.05) is 0 Å². The summed E-state index contributed by atoms with van der Waals surface area (Å²) in [6, 6.07) is 64.0. The number of fused-ring (bicyclic) bond motifs is 19. The summed E-state index contributed by atoms with van der Waals surface area (Å²) in [4.78, 5) is 5.97. The maximum absolute atomic E-state index is 5.97. The van der Waals surface area contributed by atoms with E-state index in [-0.39, 0.29) is 10.8 Å². The fraction of sp³-hybridized carbons (Fsp3) is 0.127. The Morgan fingerprint density at radius 1 is 0.373 bits per heavy atom. The molecule has 6 heterocycles. The van der Waals surface area contributed by atoms with Crippen LogP contribution in [0.1, 0.15) is 52.7 Å². The third-order valence-electron chi connectivity index (χ3n) is 15.3. The van der Waals surface area contributed by atoms with Crippen molar-refractivity contribution in [3.05, 3.63) is 181 Å². The number of hydrogen-bond donors (Lipinski definition) is 0. The lowest BCUT2D eigenvalue weighted by Crippen LogP contribution is -2.11. The van der Waals surface area contributed by atoms with Gasteiger partial charge in [-0.1, -0.05) is 145 Å². The molecule has 0 saturated heterocycles. The maximum Gasteiger partial charge on any atom is 0.146 e. The number of rotatable bonds is 2. The number of hydrogen-bond acceptors (Lipinski definition) is 1. The van der Waals surface area contributed by atoms with Crippen molar-refractivity contribution in [1.29, 1.82) is 0 Å². The average Bonchev–Trinajstić information content (AvgIpc) is 4.12. The minimum atomic E-state index is -0.0846. The quantitative estimate of drug-likeness (QED) is 0.170. The van der Waals surface area contributed by atoms with Crippen LogP contribution in [0.3, 0.4) is 0 Å². The van der Waals surface area contributed by atoms with E-state index in [2.05, 4.69) is 225 Å². The normalized spacial score (nSPS) is 13.2. The van der Waals surface area contributed by atoms with Crippen molar-refractivity contribution in [3.8, 4) is 16.8 Å². The Balaban J connectivity index is 1.14. The second-order valence-electron chi connectivity index (χ2n) is 21.2. The van der Waals surface area contributed by atoms with E-state index in [0.29, 0.717) is 0 Å². The van der Waals surface area contributed by atoms with E-state index in [1.165, 1.54) is 131 Å². The van der Waals surface area contributed by atoms with Crippen molar-refractivity contribution >= 4 is 120 Å². The van der Waals surface area contributed by atoms with E-state index in [9.17, 15) is 0 Å². The molecular formula is C63H46N4. The molecule has 0 aliphatic heterocycles. The third-order valence-corrected chi connectivity index (χ3v) is 15.3. The van der Waals surface area contributed by atoms with Crippen LogP contribution in [0.4, 0.5) is 0 Å². The highest BCUT2D eigenvalue weighted by Gasteiger charge is 2.29. The van der Waals surface area contributed by atoms with Gasteiger partial charge in [0.1, 0.15) is 5.65 Å². The Hall–Kier alpha value is -7.95. The van der Waals surface area contributed by atoms with Crippen LogP contribution in [-0.2, 0) is 10.8 Å². The zero-order valence-electron chi connectivity index (χ0n) is 38.5. The van der Waals surface area contributed by atoms with Crippen LogP contribution in [-0.4, -0.2) is 18.4 Å². The predicted octanol–water partition coefficient (Wildman–Crippen LogP) is 17.0. The van der Waals surface area contributed by atoms with E-state index >= 15 is 0 Å². The summed E-state index contributed by atoms with van der Waals surface area (Å²) in [5.41, 5.74) is 16.7. The fourth-order valence-electron chi connectivity index (χ4n) is 12.1. The third kappa shape index (κ3) is 4.79. The van der Waals surface area contributed by atoms with Gasteiger partial charge < -0.3 is 8.97 Å². The van der Waals surface area contributed by atoms with Crippen molar-refractivity contribution in [2.45, 2.75) is 52.4 Å². The monoisotopic (exact) mass is 858 g/mol. The van der Waals surface area contributed by atoms with E-state index < -0.39 is 0 Å². The molecular weight excluding hydrogens is 813 g/mol. The highest BCUT2D eigenvalue weighted by atomic mass is 15.0. The lowest BCUT2D eigenvalue weighted by molar-refractivity contribution is 0.591. The van der Waals surface area contributed by atoms with Gasteiger partial charge in [-0.15, -0.1) is 0 Å². The molecule has 318 valence electrons. The summed E-state index contributed by atoms with van der Waals surface area (Å²) in [5, 5.41) is 16.3. The molecule has 0 saturated carbocycles. The Morgan fingerprint density at radius 3 is 1.76 bits per heavy atom. The van der Waals surface area contributed by atoms with Crippen LogP contribution < -0.4 is 0 Å². The van der Waals surface area contributed by atoms with E-state index in [1.807, 2.05) is 0 Å². The molecule has 0 spiro atoms. The van der Waals surface area contributed by atoms with Crippen LogP contribution >= 0.6 is 0 Å². The lowest BCUT2D eigenvalue weighted by Gasteiger charge is -2.21. The van der Waals surface area contributed by atoms with Crippen LogP contribution in [0.2, 0.25) is 0 Å². The van der Waals surface area contributed by atoms with Gasteiger partial charge in [0.05, 0.1) is 44.1 Å². The zero-order chi connectivity index (χ0) is 44.8. The first-order valence-electron chi connectivity index (χ1n) is 23.7.